The average Bonchev–Trinajstić information content (AvgIpc) is 3.20. The first-order valence-corrected chi connectivity index (χ1v) is 16.3. The zero-order valence-corrected chi connectivity index (χ0v) is 26.4. The van der Waals surface area contributed by atoms with Gasteiger partial charge in [0, 0.05) is 27.3 Å². The van der Waals surface area contributed by atoms with Crippen molar-refractivity contribution in [1.29, 1.82) is 0 Å². The van der Waals surface area contributed by atoms with Gasteiger partial charge in [-0.15, -0.1) is 0 Å². The summed E-state index contributed by atoms with van der Waals surface area (Å²) in [6.07, 6.45) is 6.00. The van der Waals surface area contributed by atoms with Crippen molar-refractivity contribution in [2.45, 2.75) is 18.8 Å². The molecule has 0 saturated carbocycles. The van der Waals surface area contributed by atoms with E-state index in [1.165, 1.54) is 82.0 Å². The zero-order valence-electron chi connectivity index (χ0n) is 23.2. The molecule has 0 aliphatic heterocycles. The van der Waals surface area contributed by atoms with Crippen molar-refractivity contribution in [3.8, 4) is 22.3 Å². The van der Waals surface area contributed by atoms with Crippen LogP contribution in [0.3, 0.4) is 0 Å². The number of aromatic nitrogens is 1. The van der Waals surface area contributed by atoms with Crippen LogP contribution in [0, 0.1) is 0 Å². The van der Waals surface area contributed by atoms with Gasteiger partial charge >= 0.3 is 0 Å². The Hall–Kier alpha value is -4.05. The van der Waals surface area contributed by atoms with E-state index in [1.54, 1.807) is 0 Å². The molecule has 7 aromatic carbocycles. The molecule has 0 amide bonds. The fourth-order valence-electron chi connectivity index (χ4n) is 7.65. The second-order valence-corrected chi connectivity index (χ2v) is 13.5. The molecule has 43 heavy (non-hydrogen) atoms. The van der Waals surface area contributed by atoms with Crippen LogP contribution in [0.1, 0.15) is 29.0 Å². The van der Waals surface area contributed by atoms with Crippen LogP contribution in [0.4, 0.5) is 0 Å². The third-order valence-electron chi connectivity index (χ3n) is 9.47. The highest BCUT2D eigenvalue weighted by atomic mass is 79.9. The molecule has 0 radical (unpaired) electrons. The van der Waals surface area contributed by atoms with Crippen molar-refractivity contribution in [2.24, 2.45) is 0 Å². The van der Waals surface area contributed by atoms with Crippen LogP contribution in [0.25, 0.3) is 65.3 Å². The van der Waals surface area contributed by atoms with Crippen molar-refractivity contribution in [3.05, 3.63) is 147 Å². The van der Waals surface area contributed by atoms with Crippen molar-refractivity contribution in [1.82, 2.24) is 4.98 Å². The van der Waals surface area contributed by atoms with E-state index in [9.17, 15) is 0 Å². The number of aryl methyl sites for hydroxylation is 1. The average molecular weight is 679 g/mol. The highest BCUT2D eigenvalue weighted by Crippen LogP contribution is 2.50. The van der Waals surface area contributed by atoms with Gasteiger partial charge in [-0.05, 0) is 131 Å². The molecule has 1 unspecified atom stereocenters. The van der Waals surface area contributed by atoms with Crippen LogP contribution in [0.2, 0.25) is 0 Å². The first-order valence-electron chi connectivity index (χ1n) is 14.8. The maximum absolute atomic E-state index is 4.55. The molecule has 1 aromatic heterocycles. The van der Waals surface area contributed by atoms with E-state index in [-0.39, 0.29) is 5.92 Å². The molecule has 204 valence electrons. The van der Waals surface area contributed by atoms with Crippen molar-refractivity contribution >= 4 is 74.9 Å². The number of pyridine rings is 1. The molecule has 1 heterocycles. The summed E-state index contributed by atoms with van der Waals surface area (Å²) in [5, 5.41) is 10.6. The minimum atomic E-state index is 0.258. The van der Waals surface area contributed by atoms with Crippen LogP contribution in [-0.2, 0) is 6.42 Å². The lowest BCUT2D eigenvalue weighted by Gasteiger charge is -2.23. The molecular weight excluding hydrogens is 654 g/mol. The Kier molecular flexibility index (Phi) is 5.76. The Labute approximate surface area is 266 Å². The van der Waals surface area contributed by atoms with Crippen LogP contribution < -0.4 is 0 Å². The lowest BCUT2D eigenvalue weighted by molar-refractivity contribution is 0.723. The Morgan fingerprint density at radius 1 is 0.581 bits per heavy atom. The molecule has 0 N–H and O–H groups in total. The lowest BCUT2D eigenvalue weighted by Crippen LogP contribution is -2.03. The number of nitrogens with zero attached hydrogens (tertiary/aromatic N) is 1. The molecule has 0 bridgehead atoms. The normalized spacial score (nSPS) is 14.8. The Morgan fingerprint density at radius 3 is 2.07 bits per heavy atom. The van der Waals surface area contributed by atoms with Crippen molar-refractivity contribution < 1.29 is 0 Å². The SMILES string of the molecule is Brc1ccc(-c2ccc3c4cc5c(c6cccc(c7cccc2c73)c64)-c2ccc(Br)cc2CCC5c2cccnc2)cc1. The summed E-state index contributed by atoms with van der Waals surface area (Å²) in [6.45, 7) is 0. The molecule has 1 aliphatic carbocycles. The largest absolute Gasteiger partial charge is 0.264 e. The highest BCUT2D eigenvalue weighted by molar-refractivity contribution is 9.10. The van der Waals surface area contributed by atoms with E-state index < -0.39 is 0 Å². The summed E-state index contributed by atoms with van der Waals surface area (Å²) in [7, 11) is 0. The van der Waals surface area contributed by atoms with Gasteiger partial charge in [-0.1, -0.05) is 105 Å². The molecule has 0 saturated heterocycles. The lowest BCUT2D eigenvalue weighted by atomic mass is 9.80. The highest BCUT2D eigenvalue weighted by Gasteiger charge is 2.28. The number of benzene rings is 7. The van der Waals surface area contributed by atoms with Gasteiger partial charge in [0.05, 0.1) is 0 Å². The van der Waals surface area contributed by atoms with E-state index in [4.69, 9.17) is 0 Å². The maximum Gasteiger partial charge on any atom is 0.0306 e. The topological polar surface area (TPSA) is 12.9 Å². The summed E-state index contributed by atoms with van der Waals surface area (Å²) < 4.78 is 2.23. The first kappa shape index (κ1) is 25.4. The van der Waals surface area contributed by atoms with E-state index >= 15 is 0 Å². The van der Waals surface area contributed by atoms with Crippen LogP contribution >= 0.6 is 31.9 Å². The number of fused-ring (bicyclic) bond motifs is 6. The molecule has 0 spiro atoms. The van der Waals surface area contributed by atoms with E-state index in [0.717, 1.165) is 21.8 Å². The Morgan fingerprint density at radius 2 is 1.28 bits per heavy atom. The molecule has 1 atom stereocenters. The predicted molar refractivity (Wildman–Crippen MR) is 188 cm³/mol. The molecule has 0 fully saturated rings. The maximum atomic E-state index is 4.55. The quantitative estimate of drug-likeness (QED) is 0.131. The van der Waals surface area contributed by atoms with Gasteiger partial charge in [0.1, 0.15) is 0 Å². The second-order valence-electron chi connectivity index (χ2n) is 11.7. The van der Waals surface area contributed by atoms with Gasteiger partial charge in [0.25, 0.3) is 0 Å². The van der Waals surface area contributed by atoms with Crippen molar-refractivity contribution in [3.63, 3.8) is 0 Å². The fraction of sp³-hybridized carbons (Fsp3) is 0.0750. The Balaban J connectivity index is 1.45. The van der Waals surface area contributed by atoms with Gasteiger partial charge in [-0.2, -0.15) is 0 Å². The minimum Gasteiger partial charge on any atom is -0.264 e. The van der Waals surface area contributed by atoms with Gasteiger partial charge in [0.15, 0.2) is 0 Å². The van der Waals surface area contributed by atoms with Gasteiger partial charge in [-0.3, -0.25) is 4.98 Å². The van der Waals surface area contributed by atoms with Crippen LogP contribution in [0.5, 0.6) is 0 Å². The van der Waals surface area contributed by atoms with Crippen molar-refractivity contribution in [2.75, 3.05) is 0 Å². The summed E-state index contributed by atoms with van der Waals surface area (Å²) >= 11 is 7.37. The van der Waals surface area contributed by atoms with Gasteiger partial charge in [0.2, 0.25) is 0 Å². The monoisotopic (exact) mass is 677 g/mol. The van der Waals surface area contributed by atoms with Gasteiger partial charge < -0.3 is 0 Å². The smallest absolute Gasteiger partial charge is 0.0306 e. The Bertz CT molecular complexity index is 2360. The van der Waals surface area contributed by atoms with E-state index in [1.807, 2.05) is 6.20 Å². The van der Waals surface area contributed by atoms with Gasteiger partial charge in [-0.25, -0.2) is 0 Å². The molecule has 8 aromatic rings. The summed E-state index contributed by atoms with van der Waals surface area (Å²) in [6, 6.07) is 40.8. The van der Waals surface area contributed by atoms with Crippen LogP contribution in [0.15, 0.2) is 131 Å². The van der Waals surface area contributed by atoms with E-state index in [0.29, 0.717) is 0 Å². The number of halogens is 2. The second kappa shape index (κ2) is 9.74. The summed E-state index contributed by atoms with van der Waals surface area (Å²) in [5.41, 5.74) is 9.31. The molecule has 3 heteroatoms. The number of hydrogen-bond acceptors (Lipinski definition) is 1. The third kappa shape index (κ3) is 3.84. The van der Waals surface area contributed by atoms with Crippen LogP contribution in [-0.4, -0.2) is 4.98 Å². The molecule has 1 aliphatic rings. The summed E-state index contributed by atoms with van der Waals surface area (Å²) in [4.78, 5) is 4.55. The number of hydrogen-bond donors (Lipinski definition) is 0. The molecule has 9 rings (SSSR count). The predicted octanol–water partition coefficient (Wildman–Crippen LogP) is 12.1. The molecular formula is C40H25Br2N. The first-order chi connectivity index (χ1) is 21.2. The summed E-state index contributed by atoms with van der Waals surface area (Å²) in [5.74, 6) is 0.258. The standard InChI is InChI=1S/C40H25Br2N/c41-26-12-9-23(10-13-26)28-17-18-34-37-21-36-29(25-4-3-19-43-22-25)15-11-24-20-27(42)14-16-30(24)38(36)35-8-2-7-33(40(35)37)32-6-1-5-31(28)39(32)34/h1-10,12-14,16-22,29H,11,15H2. The number of rotatable bonds is 2. The zero-order chi connectivity index (χ0) is 28.7. The molecule has 1 nitrogen and oxygen atoms in total. The third-order valence-corrected chi connectivity index (χ3v) is 10.5. The van der Waals surface area contributed by atoms with E-state index in [2.05, 4.69) is 152 Å². The fourth-order valence-corrected chi connectivity index (χ4v) is 8.32. The minimum absolute atomic E-state index is 0.258.